The molecule has 2 aliphatic rings. The van der Waals surface area contributed by atoms with Crippen LogP contribution < -0.4 is 16.1 Å². The average molecular weight is 505 g/mol. The van der Waals surface area contributed by atoms with E-state index in [0.29, 0.717) is 28.1 Å². The van der Waals surface area contributed by atoms with E-state index in [1.807, 2.05) is 19.9 Å². The molecular weight excluding hydrogens is 476 g/mol. The Morgan fingerprint density at radius 3 is 2.35 bits per heavy atom. The predicted molar refractivity (Wildman–Crippen MR) is 136 cm³/mol. The van der Waals surface area contributed by atoms with E-state index in [9.17, 15) is 24.3 Å². The average Bonchev–Trinajstić information content (AvgIpc) is 3.08. The molecule has 2 unspecified atom stereocenters. The first kappa shape index (κ1) is 24.5. The third kappa shape index (κ3) is 3.75. The van der Waals surface area contributed by atoms with E-state index in [-0.39, 0.29) is 12.3 Å². The van der Waals surface area contributed by atoms with Crippen LogP contribution >= 0.6 is 0 Å². The van der Waals surface area contributed by atoms with Crippen LogP contribution in [0.15, 0.2) is 63.7 Å². The van der Waals surface area contributed by atoms with Crippen LogP contribution in [0.2, 0.25) is 0 Å². The highest BCUT2D eigenvalue weighted by molar-refractivity contribution is 5.94. The molecule has 10 nitrogen and oxygen atoms in total. The molecule has 2 aliphatic heterocycles. The first-order valence-electron chi connectivity index (χ1n) is 11.9. The number of hydrogen-bond acceptors (Lipinski definition) is 6. The molecule has 0 aliphatic carbocycles. The monoisotopic (exact) mass is 504 g/mol. The third-order valence-electron chi connectivity index (χ3n) is 7.07. The number of benzene rings is 2. The highest BCUT2D eigenvalue weighted by Crippen LogP contribution is 2.46. The van der Waals surface area contributed by atoms with Gasteiger partial charge in [-0.15, -0.1) is 0 Å². The van der Waals surface area contributed by atoms with Gasteiger partial charge in [-0.3, -0.25) is 14.5 Å². The summed E-state index contributed by atoms with van der Waals surface area (Å²) in [6.07, 6.45) is 1.91. The first-order valence-corrected chi connectivity index (χ1v) is 11.9. The zero-order valence-electron chi connectivity index (χ0n) is 21.3. The number of rotatable bonds is 5. The Balaban J connectivity index is 1.69. The molecule has 0 fully saturated rings. The van der Waals surface area contributed by atoms with E-state index >= 15 is 0 Å². The Kier molecular flexibility index (Phi) is 5.60. The number of Topliss-reactive ketones (excluding diaryl/α,β-unsaturated/α-hetero) is 1. The van der Waals surface area contributed by atoms with E-state index in [1.165, 1.54) is 16.3 Å². The summed E-state index contributed by atoms with van der Waals surface area (Å²) in [6, 6.07) is 10.1. The van der Waals surface area contributed by atoms with Crippen molar-refractivity contribution in [2.45, 2.75) is 45.0 Å². The summed E-state index contributed by atoms with van der Waals surface area (Å²) >= 11 is 0. The lowest BCUT2D eigenvalue weighted by Crippen LogP contribution is -2.46. The number of hydrogen-bond donors (Lipinski definition) is 1. The van der Waals surface area contributed by atoms with Crippen molar-refractivity contribution in [2.75, 3.05) is 14.1 Å². The van der Waals surface area contributed by atoms with Crippen LogP contribution in [-0.2, 0) is 11.3 Å². The van der Waals surface area contributed by atoms with E-state index in [4.69, 9.17) is 4.74 Å². The van der Waals surface area contributed by atoms with Gasteiger partial charge in [0.25, 0.3) is 0 Å². The van der Waals surface area contributed by atoms with Crippen LogP contribution in [0.1, 0.15) is 54.3 Å². The number of likely N-dealkylation sites (N-methyl/N-ethyl adjacent to an activating group) is 1. The third-order valence-corrected chi connectivity index (χ3v) is 7.07. The van der Waals surface area contributed by atoms with Crippen LogP contribution in [0.5, 0.6) is 5.75 Å². The van der Waals surface area contributed by atoms with Gasteiger partial charge < -0.3 is 9.84 Å². The van der Waals surface area contributed by atoms with Gasteiger partial charge in [0.15, 0.2) is 5.78 Å². The zero-order chi connectivity index (χ0) is 26.8. The zero-order valence-corrected chi connectivity index (χ0v) is 21.3. The van der Waals surface area contributed by atoms with Crippen LogP contribution in [0.3, 0.4) is 0 Å². The summed E-state index contributed by atoms with van der Waals surface area (Å²) < 4.78 is 10.3. The lowest BCUT2D eigenvalue weighted by atomic mass is 9.82. The number of carboxylic acid groups (broad SMARTS) is 1. The summed E-state index contributed by atoms with van der Waals surface area (Å²) in [5.41, 5.74) is 1.09. The lowest BCUT2D eigenvalue weighted by Gasteiger charge is -2.42. The molecule has 37 heavy (non-hydrogen) atoms. The van der Waals surface area contributed by atoms with Crippen LogP contribution in [-0.4, -0.2) is 55.4 Å². The highest BCUT2D eigenvalue weighted by atomic mass is 16.5. The molecule has 10 heteroatoms. The summed E-state index contributed by atoms with van der Waals surface area (Å²) in [4.78, 5) is 52.4. The molecule has 3 heterocycles. The van der Waals surface area contributed by atoms with Crippen molar-refractivity contribution in [1.82, 2.24) is 18.8 Å². The van der Waals surface area contributed by atoms with Crippen molar-refractivity contribution < 1.29 is 19.4 Å². The fourth-order valence-corrected chi connectivity index (χ4v) is 5.31. The van der Waals surface area contributed by atoms with E-state index in [0.717, 1.165) is 10.1 Å². The Bertz CT molecular complexity index is 1590. The Morgan fingerprint density at radius 1 is 1.08 bits per heavy atom. The number of carboxylic acids is 1. The molecule has 0 saturated carbocycles. The molecule has 0 spiro atoms. The number of carbonyl (C=O) groups is 2. The Morgan fingerprint density at radius 2 is 1.76 bits per heavy atom. The van der Waals surface area contributed by atoms with Crippen molar-refractivity contribution in [3.8, 4) is 11.4 Å². The largest absolute Gasteiger partial charge is 0.483 e. The molecule has 2 atom stereocenters. The number of nitrogens with zero attached hydrogens (tertiary/aromatic N) is 4. The summed E-state index contributed by atoms with van der Waals surface area (Å²) in [6.45, 7) is 5.42. The topological polar surface area (TPSA) is 116 Å². The van der Waals surface area contributed by atoms with Crippen molar-refractivity contribution in [1.29, 1.82) is 0 Å². The van der Waals surface area contributed by atoms with Gasteiger partial charge in [-0.1, -0.05) is 18.2 Å². The SMILES string of the molecule is CC(=O)c1ccc(-n2c(=O)n3n(c2=O)C2C(=CC3)C(C)(C)Oc3cc(C(C(=O)O)N(C)C)ccc32)cc1. The van der Waals surface area contributed by atoms with E-state index in [2.05, 4.69) is 0 Å². The predicted octanol–water partition coefficient (Wildman–Crippen LogP) is 2.39. The molecule has 0 amide bonds. The molecule has 3 aromatic rings. The number of aromatic nitrogens is 3. The summed E-state index contributed by atoms with van der Waals surface area (Å²) in [5.74, 6) is -0.638. The molecule has 5 rings (SSSR count). The van der Waals surface area contributed by atoms with E-state index in [1.54, 1.807) is 61.5 Å². The van der Waals surface area contributed by atoms with E-state index < -0.39 is 35.0 Å². The van der Waals surface area contributed by atoms with Crippen LogP contribution in [0.4, 0.5) is 0 Å². The summed E-state index contributed by atoms with van der Waals surface area (Å²) in [7, 11) is 3.38. The maximum atomic E-state index is 13.8. The number of fused-ring (bicyclic) bond motifs is 5. The fraction of sp³-hybridized carbons (Fsp3) is 0.333. The molecule has 0 radical (unpaired) electrons. The molecule has 2 aromatic carbocycles. The minimum atomic E-state index is -0.990. The summed E-state index contributed by atoms with van der Waals surface area (Å²) in [5, 5.41) is 9.75. The van der Waals surface area contributed by atoms with Gasteiger partial charge in [-0.2, -0.15) is 0 Å². The molecule has 1 aromatic heterocycles. The minimum Gasteiger partial charge on any atom is -0.483 e. The highest BCUT2D eigenvalue weighted by Gasteiger charge is 2.44. The molecule has 192 valence electrons. The van der Waals surface area contributed by atoms with Gasteiger partial charge in [0.05, 0.1) is 12.2 Å². The minimum absolute atomic E-state index is 0.111. The van der Waals surface area contributed by atoms with Crippen molar-refractivity contribution in [3.63, 3.8) is 0 Å². The van der Waals surface area contributed by atoms with Crippen molar-refractivity contribution >= 4 is 11.8 Å². The van der Waals surface area contributed by atoms with Gasteiger partial charge in [-0.05, 0) is 76.3 Å². The first-order chi connectivity index (χ1) is 17.4. The second kappa shape index (κ2) is 8.45. The second-order valence-electron chi connectivity index (χ2n) is 10.1. The van der Waals surface area contributed by atoms with Gasteiger partial charge in [0.2, 0.25) is 0 Å². The molecule has 0 bridgehead atoms. The van der Waals surface area contributed by atoms with Gasteiger partial charge >= 0.3 is 17.3 Å². The second-order valence-corrected chi connectivity index (χ2v) is 10.1. The van der Waals surface area contributed by atoms with Gasteiger partial charge in [0.1, 0.15) is 23.4 Å². The molecular formula is C27H28N4O6. The lowest BCUT2D eigenvalue weighted by molar-refractivity contribution is -0.142. The normalized spacial score (nSPS) is 18.2. The number of allylic oxidation sites excluding steroid dienone is 1. The van der Waals surface area contributed by atoms with Gasteiger partial charge in [-0.25, -0.2) is 23.5 Å². The smallest absolute Gasteiger partial charge is 0.352 e. The van der Waals surface area contributed by atoms with Crippen LogP contribution in [0, 0.1) is 0 Å². The maximum absolute atomic E-state index is 13.8. The standard InChI is InChI=1S/C27H28N4O6/c1-15(32)16-6-9-18(10-7-16)30-25(35)29-13-12-20-23(31(29)26(30)36)19-11-8-17(22(24(33)34)28(4)5)14-21(19)37-27(20,2)3/h6-12,14,22-23H,13H2,1-5H3,(H,33,34). The van der Waals surface area contributed by atoms with Crippen LogP contribution in [0.25, 0.3) is 5.69 Å². The van der Waals surface area contributed by atoms with Gasteiger partial charge in [0, 0.05) is 11.1 Å². The van der Waals surface area contributed by atoms with Crippen molar-refractivity contribution in [3.05, 3.63) is 91.8 Å². The maximum Gasteiger partial charge on any atom is 0.352 e. The number of ether oxygens (including phenoxy) is 1. The Hall–Kier alpha value is -4.18. The number of carbonyl (C=O) groups excluding carboxylic acids is 1. The Labute approximate surface area is 212 Å². The number of ketones is 1. The van der Waals surface area contributed by atoms with Crippen molar-refractivity contribution in [2.24, 2.45) is 0 Å². The molecule has 1 N–H and O–H groups in total. The quantitative estimate of drug-likeness (QED) is 0.419. The molecule has 0 saturated heterocycles. The fourth-order valence-electron chi connectivity index (χ4n) is 5.31. The number of aliphatic carboxylic acids is 1.